The summed E-state index contributed by atoms with van der Waals surface area (Å²) in [5, 5.41) is 6.78. The molecule has 0 aliphatic carbocycles. The summed E-state index contributed by atoms with van der Waals surface area (Å²) in [6, 6.07) is 8.04. The standard InChI is InChI=1S/C13H21N3O/c1-17-13-5-3-2-4-12(13)15-8-11-16-9-6-14-7-10-16/h2-5,14-15H,6-11H2,1H3. The molecule has 0 bridgehead atoms. The fourth-order valence-corrected chi connectivity index (χ4v) is 2.07. The SMILES string of the molecule is COc1ccccc1NCCN1CCNCC1. The Bertz CT molecular complexity index is 337. The first-order valence-electron chi connectivity index (χ1n) is 6.20. The maximum atomic E-state index is 5.30. The van der Waals surface area contributed by atoms with Gasteiger partial charge >= 0.3 is 0 Å². The highest BCUT2D eigenvalue weighted by Gasteiger charge is 2.08. The van der Waals surface area contributed by atoms with Crippen LogP contribution in [-0.2, 0) is 0 Å². The van der Waals surface area contributed by atoms with Crippen LogP contribution in [0.4, 0.5) is 5.69 Å². The second kappa shape index (κ2) is 6.47. The van der Waals surface area contributed by atoms with Crippen LogP contribution in [0.25, 0.3) is 0 Å². The van der Waals surface area contributed by atoms with Gasteiger partial charge in [0.1, 0.15) is 5.75 Å². The van der Waals surface area contributed by atoms with Gasteiger partial charge in [-0.25, -0.2) is 0 Å². The number of rotatable bonds is 5. The monoisotopic (exact) mass is 235 g/mol. The molecular weight excluding hydrogens is 214 g/mol. The third-order valence-corrected chi connectivity index (χ3v) is 3.06. The molecular formula is C13H21N3O. The van der Waals surface area contributed by atoms with E-state index < -0.39 is 0 Å². The summed E-state index contributed by atoms with van der Waals surface area (Å²) < 4.78 is 5.30. The van der Waals surface area contributed by atoms with Crippen molar-refractivity contribution in [3.05, 3.63) is 24.3 Å². The minimum Gasteiger partial charge on any atom is -0.495 e. The largest absolute Gasteiger partial charge is 0.495 e. The van der Waals surface area contributed by atoms with Gasteiger partial charge in [0, 0.05) is 39.3 Å². The highest BCUT2D eigenvalue weighted by atomic mass is 16.5. The molecule has 2 N–H and O–H groups in total. The third-order valence-electron chi connectivity index (χ3n) is 3.06. The van der Waals surface area contributed by atoms with Gasteiger partial charge in [-0.3, -0.25) is 4.90 Å². The molecule has 1 heterocycles. The number of hydrogen-bond donors (Lipinski definition) is 2. The molecule has 0 amide bonds. The van der Waals surface area contributed by atoms with Gasteiger partial charge in [-0.1, -0.05) is 12.1 Å². The van der Waals surface area contributed by atoms with E-state index in [1.807, 2.05) is 18.2 Å². The van der Waals surface area contributed by atoms with Crippen molar-refractivity contribution in [2.45, 2.75) is 0 Å². The number of ether oxygens (including phenoxy) is 1. The predicted molar refractivity (Wildman–Crippen MR) is 70.8 cm³/mol. The zero-order valence-corrected chi connectivity index (χ0v) is 10.4. The Kier molecular flexibility index (Phi) is 4.64. The van der Waals surface area contributed by atoms with Crippen LogP contribution in [0.5, 0.6) is 5.75 Å². The van der Waals surface area contributed by atoms with Crippen LogP contribution in [0, 0.1) is 0 Å². The Balaban J connectivity index is 1.77. The number of nitrogens with zero attached hydrogens (tertiary/aromatic N) is 1. The summed E-state index contributed by atoms with van der Waals surface area (Å²) in [7, 11) is 1.71. The Morgan fingerprint density at radius 3 is 2.82 bits per heavy atom. The highest BCUT2D eigenvalue weighted by molar-refractivity contribution is 5.56. The molecule has 4 heteroatoms. The van der Waals surface area contributed by atoms with Crippen molar-refractivity contribution in [2.75, 3.05) is 51.7 Å². The van der Waals surface area contributed by atoms with Gasteiger partial charge < -0.3 is 15.4 Å². The number of anilines is 1. The predicted octanol–water partition coefficient (Wildman–Crippen LogP) is 1.01. The third kappa shape index (κ3) is 3.61. The molecule has 1 aromatic rings. The quantitative estimate of drug-likeness (QED) is 0.798. The molecule has 1 saturated heterocycles. The summed E-state index contributed by atoms with van der Waals surface area (Å²) >= 11 is 0. The minimum absolute atomic E-state index is 0.910. The molecule has 17 heavy (non-hydrogen) atoms. The zero-order valence-electron chi connectivity index (χ0n) is 10.4. The lowest BCUT2D eigenvalue weighted by molar-refractivity contribution is 0.249. The molecule has 1 aliphatic rings. The van der Waals surface area contributed by atoms with Crippen molar-refractivity contribution in [2.24, 2.45) is 0 Å². The van der Waals surface area contributed by atoms with E-state index in [9.17, 15) is 0 Å². The van der Waals surface area contributed by atoms with Crippen molar-refractivity contribution in [1.29, 1.82) is 0 Å². The van der Waals surface area contributed by atoms with Crippen LogP contribution in [0.15, 0.2) is 24.3 Å². The first-order valence-corrected chi connectivity index (χ1v) is 6.20. The summed E-state index contributed by atoms with van der Waals surface area (Å²) in [5.74, 6) is 0.910. The lowest BCUT2D eigenvalue weighted by atomic mass is 10.3. The van der Waals surface area contributed by atoms with Crippen LogP contribution in [0.1, 0.15) is 0 Å². The molecule has 0 radical (unpaired) electrons. The lowest BCUT2D eigenvalue weighted by Crippen LogP contribution is -2.45. The number of benzene rings is 1. The minimum atomic E-state index is 0.910. The van der Waals surface area contributed by atoms with E-state index in [4.69, 9.17) is 4.74 Å². The van der Waals surface area contributed by atoms with Gasteiger partial charge in [-0.2, -0.15) is 0 Å². The molecule has 1 fully saturated rings. The van der Waals surface area contributed by atoms with Gasteiger partial charge in [0.25, 0.3) is 0 Å². The maximum absolute atomic E-state index is 5.30. The molecule has 4 nitrogen and oxygen atoms in total. The van der Waals surface area contributed by atoms with Gasteiger partial charge in [0.2, 0.25) is 0 Å². The van der Waals surface area contributed by atoms with Crippen molar-refractivity contribution in [3.63, 3.8) is 0 Å². The molecule has 1 aliphatic heterocycles. The van der Waals surface area contributed by atoms with Crippen molar-refractivity contribution in [3.8, 4) is 5.75 Å². The topological polar surface area (TPSA) is 36.5 Å². The normalized spacial score (nSPS) is 16.8. The Morgan fingerprint density at radius 1 is 1.29 bits per heavy atom. The van der Waals surface area contributed by atoms with E-state index in [0.717, 1.165) is 50.7 Å². The molecule has 0 atom stereocenters. The molecule has 94 valence electrons. The lowest BCUT2D eigenvalue weighted by Gasteiger charge is -2.27. The van der Waals surface area contributed by atoms with E-state index in [0.29, 0.717) is 0 Å². The molecule has 0 spiro atoms. The Morgan fingerprint density at radius 2 is 2.06 bits per heavy atom. The number of para-hydroxylation sites is 2. The Hall–Kier alpha value is -1.26. The number of nitrogens with one attached hydrogen (secondary N) is 2. The summed E-state index contributed by atoms with van der Waals surface area (Å²) in [5.41, 5.74) is 1.07. The summed E-state index contributed by atoms with van der Waals surface area (Å²) in [6.07, 6.45) is 0. The summed E-state index contributed by atoms with van der Waals surface area (Å²) in [6.45, 7) is 6.55. The maximum Gasteiger partial charge on any atom is 0.141 e. The van der Waals surface area contributed by atoms with Crippen molar-refractivity contribution < 1.29 is 4.74 Å². The van der Waals surface area contributed by atoms with Gasteiger partial charge in [0.05, 0.1) is 12.8 Å². The first-order chi connectivity index (χ1) is 8.40. The highest BCUT2D eigenvalue weighted by Crippen LogP contribution is 2.22. The number of piperazine rings is 1. The zero-order chi connectivity index (χ0) is 11.9. The fourth-order valence-electron chi connectivity index (χ4n) is 2.07. The van der Waals surface area contributed by atoms with E-state index in [2.05, 4.69) is 21.6 Å². The van der Waals surface area contributed by atoms with Crippen LogP contribution in [0.3, 0.4) is 0 Å². The van der Waals surface area contributed by atoms with E-state index in [1.165, 1.54) is 0 Å². The van der Waals surface area contributed by atoms with Gasteiger partial charge in [0.15, 0.2) is 0 Å². The Labute approximate surface area is 103 Å². The van der Waals surface area contributed by atoms with E-state index in [-0.39, 0.29) is 0 Å². The molecule has 2 rings (SSSR count). The molecule has 0 saturated carbocycles. The fraction of sp³-hybridized carbons (Fsp3) is 0.538. The van der Waals surface area contributed by atoms with E-state index in [1.54, 1.807) is 7.11 Å². The summed E-state index contributed by atoms with van der Waals surface area (Å²) in [4.78, 5) is 2.47. The smallest absolute Gasteiger partial charge is 0.141 e. The van der Waals surface area contributed by atoms with Crippen LogP contribution < -0.4 is 15.4 Å². The van der Waals surface area contributed by atoms with Crippen LogP contribution >= 0.6 is 0 Å². The molecule has 1 aromatic carbocycles. The van der Waals surface area contributed by atoms with Gasteiger partial charge in [-0.15, -0.1) is 0 Å². The number of hydrogen-bond acceptors (Lipinski definition) is 4. The average Bonchev–Trinajstić information content (AvgIpc) is 2.40. The first kappa shape index (κ1) is 12.2. The van der Waals surface area contributed by atoms with Crippen LogP contribution in [-0.4, -0.2) is 51.3 Å². The average molecular weight is 235 g/mol. The number of methoxy groups -OCH3 is 1. The van der Waals surface area contributed by atoms with Crippen molar-refractivity contribution in [1.82, 2.24) is 10.2 Å². The van der Waals surface area contributed by atoms with Crippen molar-refractivity contribution >= 4 is 5.69 Å². The molecule has 0 aromatic heterocycles. The second-order valence-corrected chi connectivity index (χ2v) is 4.22. The molecule has 0 unspecified atom stereocenters. The van der Waals surface area contributed by atoms with Gasteiger partial charge in [-0.05, 0) is 12.1 Å². The second-order valence-electron chi connectivity index (χ2n) is 4.22. The van der Waals surface area contributed by atoms with Crippen LogP contribution in [0.2, 0.25) is 0 Å². The van der Waals surface area contributed by atoms with E-state index >= 15 is 0 Å².